The monoisotopic (exact) mass is 351 g/mol. The van der Waals surface area contributed by atoms with Crippen LogP contribution in [0.15, 0.2) is 36.4 Å². The highest BCUT2D eigenvalue weighted by molar-refractivity contribution is 5.36. The number of aryl methyl sites for hydroxylation is 1. The van der Waals surface area contributed by atoms with E-state index in [-0.39, 0.29) is 0 Å². The Morgan fingerprint density at radius 2 is 2.08 bits per heavy atom. The first-order chi connectivity index (χ1) is 12.7. The summed E-state index contributed by atoms with van der Waals surface area (Å²) in [7, 11) is 1.74. The Hall–Kier alpha value is -2.07. The van der Waals surface area contributed by atoms with E-state index < -0.39 is 0 Å². The van der Waals surface area contributed by atoms with Crippen LogP contribution < -0.4 is 4.74 Å². The number of nitrogens with zero attached hydrogens (tertiary/aromatic N) is 3. The second kappa shape index (κ2) is 7.67. The Labute approximate surface area is 156 Å². The van der Waals surface area contributed by atoms with Crippen LogP contribution in [0.5, 0.6) is 5.75 Å². The van der Waals surface area contributed by atoms with Crippen molar-refractivity contribution in [3.05, 3.63) is 59.2 Å². The number of aromatic nitrogens is 2. The zero-order chi connectivity index (χ0) is 17.9. The molecule has 4 rings (SSSR count). The van der Waals surface area contributed by atoms with Gasteiger partial charge in [0.05, 0.1) is 18.5 Å². The van der Waals surface area contributed by atoms with E-state index in [0.717, 1.165) is 37.7 Å². The number of methoxy groups -OCH3 is 1. The average Bonchev–Trinajstić information content (AvgIpc) is 2.98. The normalized spacial score (nSPS) is 20.2. The third-order valence-electron chi connectivity index (χ3n) is 5.80. The molecule has 1 aromatic heterocycles. The Morgan fingerprint density at radius 1 is 1.19 bits per heavy atom. The maximum absolute atomic E-state index is 5.52. The summed E-state index contributed by atoms with van der Waals surface area (Å²) < 4.78 is 7.96. The lowest BCUT2D eigenvalue weighted by molar-refractivity contribution is 0.181. The molecule has 26 heavy (non-hydrogen) atoms. The molecule has 0 spiro atoms. The molecule has 0 saturated heterocycles. The molecule has 1 aliphatic heterocycles. The maximum atomic E-state index is 5.52. The average molecular weight is 351 g/mol. The molecule has 2 aliphatic rings. The fourth-order valence-electron chi connectivity index (χ4n) is 4.36. The van der Waals surface area contributed by atoms with E-state index in [0.29, 0.717) is 0 Å². The highest BCUT2D eigenvalue weighted by Crippen LogP contribution is 2.26. The molecule has 0 fully saturated rings. The highest BCUT2D eigenvalue weighted by atomic mass is 16.5. The van der Waals surface area contributed by atoms with Crippen LogP contribution in [-0.4, -0.2) is 34.7 Å². The number of fused-ring (bicyclic) bond motifs is 1. The molecule has 0 saturated carbocycles. The van der Waals surface area contributed by atoms with E-state index in [9.17, 15) is 0 Å². The van der Waals surface area contributed by atoms with Crippen LogP contribution in [0.3, 0.4) is 0 Å². The fourth-order valence-corrected chi connectivity index (χ4v) is 4.36. The third-order valence-corrected chi connectivity index (χ3v) is 5.80. The van der Waals surface area contributed by atoms with Gasteiger partial charge < -0.3 is 9.30 Å². The van der Waals surface area contributed by atoms with Crippen LogP contribution in [0.1, 0.15) is 42.0 Å². The standard InChI is InChI=1S/C22H29N3O/c1-17-20-16-24(15-18-8-4-3-5-9-18)12-13-25(20)22(23-17)14-19-10-6-7-11-21(19)26-2/h3-4,6-7,10-11,18H,5,8-9,12-16H2,1-2H3. The van der Waals surface area contributed by atoms with E-state index in [1.54, 1.807) is 7.11 Å². The lowest BCUT2D eigenvalue weighted by atomic mass is 9.93. The van der Waals surface area contributed by atoms with Gasteiger partial charge in [-0.2, -0.15) is 0 Å². The smallest absolute Gasteiger partial charge is 0.122 e. The van der Waals surface area contributed by atoms with Crippen LogP contribution in [-0.2, 0) is 19.5 Å². The SMILES string of the molecule is COc1ccccc1Cc1nc(C)c2n1CCN(CC1CC=CCC1)C2. The molecule has 0 amide bonds. The summed E-state index contributed by atoms with van der Waals surface area (Å²) >= 11 is 0. The zero-order valence-corrected chi connectivity index (χ0v) is 15.9. The van der Waals surface area contributed by atoms with Crippen LogP contribution in [0, 0.1) is 12.8 Å². The van der Waals surface area contributed by atoms with Gasteiger partial charge in [-0.1, -0.05) is 30.4 Å². The van der Waals surface area contributed by atoms with Crippen LogP contribution in [0.25, 0.3) is 0 Å². The summed E-state index contributed by atoms with van der Waals surface area (Å²) in [5, 5.41) is 0. The van der Waals surface area contributed by atoms with Crippen molar-refractivity contribution in [3.8, 4) is 5.75 Å². The van der Waals surface area contributed by atoms with Crippen molar-refractivity contribution < 1.29 is 4.74 Å². The molecule has 4 nitrogen and oxygen atoms in total. The molecule has 4 heteroatoms. The van der Waals surface area contributed by atoms with Crippen molar-refractivity contribution in [3.63, 3.8) is 0 Å². The molecule has 1 unspecified atom stereocenters. The molecule has 2 heterocycles. The van der Waals surface area contributed by atoms with Gasteiger partial charge in [0.2, 0.25) is 0 Å². The number of para-hydroxylation sites is 1. The van der Waals surface area contributed by atoms with Crippen molar-refractivity contribution in [1.82, 2.24) is 14.5 Å². The molecule has 138 valence electrons. The molecule has 0 bridgehead atoms. The first-order valence-electron chi connectivity index (χ1n) is 9.78. The summed E-state index contributed by atoms with van der Waals surface area (Å²) in [4.78, 5) is 7.54. The number of ether oxygens (including phenoxy) is 1. The first-order valence-corrected chi connectivity index (χ1v) is 9.78. The summed E-state index contributed by atoms with van der Waals surface area (Å²) in [6.07, 6.45) is 9.35. The largest absolute Gasteiger partial charge is 0.496 e. The van der Waals surface area contributed by atoms with Crippen molar-refractivity contribution in [1.29, 1.82) is 0 Å². The van der Waals surface area contributed by atoms with Crippen molar-refractivity contribution in [2.45, 2.75) is 45.7 Å². The lowest BCUT2D eigenvalue weighted by Gasteiger charge is -2.32. The molecule has 2 aromatic rings. The summed E-state index contributed by atoms with van der Waals surface area (Å²) in [6.45, 7) is 6.58. The van der Waals surface area contributed by atoms with E-state index in [1.165, 1.54) is 48.6 Å². The molecule has 1 aliphatic carbocycles. The molecular formula is C22H29N3O. The Bertz CT molecular complexity index is 793. The maximum Gasteiger partial charge on any atom is 0.122 e. The predicted octanol–water partition coefficient (Wildman–Crippen LogP) is 3.96. The minimum absolute atomic E-state index is 0.822. The van der Waals surface area contributed by atoms with Crippen molar-refractivity contribution in [2.75, 3.05) is 20.2 Å². The minimum Gasteiger partial charge on any atom is -0.496 e. The van der Waals surface area contributed by atoms with Crippen LogP contribution in [0.2, 0.25) is 0 Å². The third kappa shape index (κ3) is 3.56. The van der Waals surface area contributed by atoms with E-state index in [1.807, 2.05) is 12.1 Å². The summed E-state index contributed by atoms with van der Waals surface area (Å²) in [5.74, 6) is 2.94. The van der Waals surface area contributed by atoms with E-state index in [2.05, 4.69) is 40.7 Å². The van der Waals surface area contributed by atoms with Gasteiger partial charge in [0, 0.05) is 38.2 Å². The van der Waals surface area contributed by atoms with Gasteiger partial charge in [-0.15, -0.1) is 0 Å². The van der Waals surface area contributed by atoms with Gasteiger partial charge in [-0.3, -0.25) is 4.90 Å². The van der Waals surface area contributed by atoms with Gasteiger partial charge in [0.1, 0.15) is 11.6 Å². The zero-order valence-electron chi connectivity index (χ0n) is 15.9. The summed E-state index contributed by atoms with van der Waals surface area (Å²) in [5.41, 5.74) is 3.79. The number of hydrogen-bond donors (Lipinski definition) is 0. The van der Waals surface area contributed by atoms with Gasteiger partial charge in [0.15, 0.2) is 0 Å². The Balaban J connectivity index is 1.49. The summed E-state index contributed by atoms with van der Waals surface area (Å²) in [6, 6.07) is 8.27. The predicted molar refractivity (Wildman–Crippen MR) is 105 cm³/mol. The molecule has 1 aromatic carbocycles. The molecule has 0 radical (unpaired) electrons. The van der Waals surface area contributed by atoms with Gasteiger partial charge in [0.25, 0.3) is 0 Å². The molecule has 0 N–H and O–H groups in total. The number of rotatable bonds is 5. The number of benzene rings is 1. The van der Waals surface area contributed by atoms with Crippen molar-refractivity contribution >= 4 is 0 Å². The van der Waals surface area contributed by atoms with Gasteiger partial charge in [-0.05, 0) is 38.2 Å². The van der Waals surface area contributed by atoms with Crippen molar-refractivity contribution in [2.24, 2.45) is 5.92 Å². The lowest BCUT2D eigenvalue weighted by Crippen LogP contribution is -2.37. The number of hydrogen-bond acceptors (Lipinski definition) is 3. The van der Waals surface area contributed by atoms with Gasteiger partial charge >= 0.3 is 0 Å². The number of imidazole rings is 1. The second-order valence-electron chi connectivity index (χ2n) is 7.59. The van der Waals surface area contributed by atoms with Crippen LogP contribution in [0.4, 0.5) is 0 Å². The first kappa shape index (κ1) is 17.3. The Kier molecular flexibility index (Phi) is 5.11. The second-order valence-corrected chi connectivity index (χ2v) is 7.59. The number of allylic oxidation sites excluding steroid dienone is 2. The molecule has 1 atom stereocenters. The highest BCUT2D eigenvalue weighted by Gasteiger charge is 2.24. The molecular weight excluding hydrogens is 322 g/mol. The minimum atomic E-state index is 0.822. The topological polar surface area (TPSA) is 30.3 Å². The van der Waals surface area contributed by atoms with E-state index >= 15 is 0 Å². The Morgan fingerprint density at radius 3 is 2.88 bits per heavy atom. The fraction of sp³-hybridized carbons (Fsp3) is 0.500. The quantitative estimate of drug-likeness (QED) is 0.764. The van der Waals surface area contributed by atoms with E-state index in [4.69, 9.17) is 9.72 Å². The van der Waals surface area contributed by atoms with Gasteiger partial charge in [-0.25, -0.2) is 4.98 Å². The van der Waals surface area contributed by atoms with Crippen LogP contribution >= 0.6 is 0 Å².